The summed E-state index contributed by atoms with van der Waals surface area (Å²) in [4.78, 5) is 27.0. The molecule has 1 fully saturated rings. The lowest BCUT2D eigenvalue weighted by Crippen LogP contribution is -2.54. The lowest BCUT2D eigenvalue weighted by Gasteiger charge is -2.28. The fourth-order valence-corrected chi connectivity index (χ4v) is 4.23. The molecule has 2 amide bonds. The summed E-state index contributed by atoms with van der Waals surface area (Å²) in [6.07, 6.45) is 1.55. The number of anilines is 1. The maximum Gasteiger partial charge on any atom is 0.270 e. The van der Waals surface area contributed by atoms with E-state index in [2.05, 4.69) is 5.32 Å². The number of aryl methyl sites for hydroxylation is 1. The van der Waals surface area contributed by atoms with Crippen LogP contribution in [0.4, 0.5) is 10.1 Å². The Bertz CT molecular complexity index is 1310. The summed E-state index contributed by atoms with van der Waals surface area (Å²) < 4.78 is 15.4. The van der Waals surface area contributed by atoms with Gasteiger partial charge in [-0.3, -0.25) is 19.8 Å². The first-order valence-electron chi connectivity index (χ1n) is 9.80. The minimum atomic E-state index is -0.581. The van der Waals surface area contributed by atoms with Gasteiger partial charge in [-0.1, -0.05) is 17.7 Å². The molecule has 0 unspecified atom stereocenters. The molecule has 5 nitrogen and oxygen atoms in total. The first-order valence-corrected chi connectivity index (χ1v) is 10.6. The van der Waals surface area contributed by atoms with Gasteiger partial charge in [0.2, 0.25) is 0 Å². The zero-order valence-electron chi connectivity index (χ0n) is 17.6. The van der Waals surface area contributed by atoms with Gasteiger partial charge < -0.3 is 4.57 Å². The smallest absolute Gasteiger partial charge is 0.270 e. The predicted molar refractivity (Wildman–Crippen MR) is 128 cm³/mol. The number of carbonyl (C=O) groups is 2. The quantitative estimate of drug-likeness (QED) is 0.334. The van der Waals surface area contributed by atoms with Gasteiger partial charge in [-0.25, -0.2) is 4.39 Å². The Morgan fingerprint density at radius 3 is 2.44 bits per heavy atom. The summed E-state index contributed by atoms with van der Waals surface area (Å²) in [5.41, 5.74) is 4.64. The summed E-state index contributed by atoms with van der Waals surface area (Å²) in [5.74, 6) is -1.59. The molecule has 0 aliphatic carbocycles. The SMILES string of the molecule is Cc1c(Cl)cccc1-n1c(C)cc(/C=C2\C(=O)NC(=S)N(c3ccc(F)cc3)C2=O)c1C. The van der Waals surface area contributed by atoms with E-state index in [1.165, 1.54) is 29.2 Å². The number of halogens is 2. The number of rotatable bonds is 3. The van der Waals surface area contributed by atoms with Gasteiger partial charge in [-0.2, -0.15) is 0 Å². The van der Waals surface area contributed by atoms with Gasteiger partial charge in [-0.15, -0.1) is 0 Å². The number of aromatic nitrogens is 1. The molecule has 0 atom stereocenters. The van der Waals surface area contributed by atoms with Crippen molar-refractivity contribution in [1.29, 1.82) is 0 Å². The molecule has 2 heterocycles. The second-order valence-corrected chi connectivity index (χ2v) is 8.27. The highest BCUT2D eigenvalue weighted by Gasteiger charge is 2.34. The average Bonchev–Trinajstić information content (AvgIpc) is 3.01. The van der Waals surface area contributed by atoms with Crippen molar-refractivity contribution in [3.63, 3.8) is 0 Å². The second-order valence-electron chi connectivity index (χ2n) is 7.48. The monoisotopic (exact) mass is 467 g/mol. The fraction of sp³-hybridized carbons (Fsp3) is 0.125. The Kier molecular flexibility index (Phi) is 5.71. The van der Waals surface area contributed by atoms with Crippen LogP contribution in [-0.2, 0) is 9.59 Å². The van der Waals surface area contributed by atoms with Crippen molar-refractivity contribution >= 4 is 52.5 Å². The number of amides is 2. The summed E-state index contributed by atoms with van der Waals surface area (Å²) in [7, 11) is 0. The minimum Gasteiger partial charge on any atom is -0.318 e. The number of nitrogens with zero attached hydrogens (tertiary/aromatic N) is 2. The molecule has 1 aliphatic heterocycles. The maximum atomic E-state index is 13.3. The Balaban J connectivity index is 1.78. The van der Waals surface area contributed by atoms with Crippen molar-refractivity contribution in [1.82, 2.24) is 9.88 Å². The van der Waals surface area contributed by atoms with E-state index in [1.807, 2.05) is 49.6 Å². The Hall–Kier alpha value is -3.29. The molecule has 32 heavy (non-hydrogen) atoms. The number of hydrogen-bond donors (Lipinski definition) is 1. The van der Waals surface area contributed by atoms with Gasteiger partial charge in [0.1, 0.15) is 11.4 Å². The van der Waals surface area contributed by atoms with E-state index in [4.69, 9.17) is 23.8 Å². The zero-order valence-corrected chi connectivity index (χ0v) is 19.1. The molecule has 8 heteroatoms. The molecule has 0 saturated carbocycles. The Morgan fingerprint density at radius 1 is 1.06 bits per heavy atom. The van der Waals surface area contributed by atoms with Crippen LogP contribution in [0.3, 0.4) is 0 Å². The van der Waals surface area contributed by atoms with Gasteiger partial charge in [-0.05, 0) is 92.7 Å². The third kappa shape index (κ3) is 3.74. The first-order chi connectivity index (χ1) is 15.2. The van der Waals surface area contributed by atoms with Crippen LogP contribution in [0.1, 0.15) is 22.5 Å². The van der Waals surface area contributed by atoms with Crippen LogP contribution in [0, 0.1) is 26.6 Å². The number of thiocarbonyl (C=S) groups is 1. The van der Waals surface area contributed by atoms with E-state index in [9.17, 15) is 14.0 Å². The number of carbonyl (C=O) groups excluding carboxylic acids is 2. The van der Waals surface area contributed by atoms with Gasteiger partial charge in [0.05, 0.1) is 5.69 Å². The minimum absolute atomic E-state index is 0.0521. The molecule has 0 bridgehead atoms. The van der Waals surface area contributed by atoms with Crippen molar-refractivity contribution in [3.8, 4) is 5.69 Å². The van der Waals surface area contributed by atoms with Crippen LogP contribution in [0.2, 0.25) is 5.02 Å². The molecule has 1 aliphatic rings. The molecule has 1 saturated heterocycles. The van der Waals surface area contributed by atoms with Crippen molar-refractivity contribution in [3.05, 3.63) is 87.5 Å². The highest BCUT2D eigenvalue weighted by molar-refractivity contribution is 7.80. The van der Waals surface area contributed by atoms with Crippen LogP contribution in [0.15, 0.2) is 54.1 Å². The molecule has 1 aromatic heterocycles. The number of nitrogens with one attached hydrogen (secondary N) is 1. The molecule has 0 spiro atoms. The summed E-state index contributed by atoms with van der Waals surface area (Å²) in [5, 5.41) is 3.14. The summed E-state index contributed by atoms with van der Waals surface area (Å²) >= 11 is 11.5. The maximum absolute atomic E-state index is 13.3. The average molecular weight is 468 g/mol. The predicted octanol–water partition coefficient (Wildman–Crippen LogP) is 5.03. The van der Waals surface area contributed by atoms with E-state index in [1.54, 1.807) is 6.08 Å². The molecule has 4 rings (SSSR count). The molecule has 1 N–H and O–H groups in total. The second kappa shape index (κ2) is 8.33. The lowest BCUT2D eigenvalue weighted by molar-refractivity contribution is -0.122. The van der Waals surface area contributed by atoms with Crippen LogP contribution in [-0.4, -0.2) is 21.5 Å². The largest absolute Gasteiger partial charge is 0.318 e. The summed E-state index contributed by atoms with van der Waals surface area (Å²) in [6, 6.07) is 12.9. The fourth-order valence-electron chi connectivity index (χ4n) is 3.78. The molecule has 0 radical (unpaired) electrons. The highest BCUT2D eigenvalue weighted by Crippen LogP contribution is 2.29. The van der Waals surface area contributed by atoms with Crippen LogP contribution >= 0.6 is 23.8 Å². The zero-order chi connectivity index (χ0) is 23.2. The van der Waals surface area contributed by atoms with Crippen LogP contribution in [0.5, 0.6) is 0 Å². The van der Waals surface area contributed by atoms with Gasteiger partial charge in [0.25, 0.3) is 11.8 Å². The van der Waals surface area contributed by atoms with Crippen molar-refractivity contribution in [2.45, 2.75) is 20.8 Å². The topological polar surface area (TPSA) is 54.3 Å². The van der Waals surface area contributed by atoms with E-state index in [0.717, 1.165) is 22.6 Å². The van der Waals surface area contributed by atoms with Gasteiger partial charge in [0.15, 0.2) is 5.11 Å². The van der Waals surface area contributed by atoms with Gasteiger partial charge >= 0.3 is 0 Å². The van der Waals surface area contributed by atoms with Gasteiger partial charge in [0, 0.05) is 22.1 Å². The third-order valence-electron chi connectivity index (χ3n) is 5.44. The molecule has 3 aromatic rings. The van der Waals surface area contributed by atoms with Crippen LogP contribution < -0.4 is 10.2 Å². The first kappa shape index (κ1) is 21.9. The Morgan fingerprint density at radius 2 is 1.75 bits per heavy atom. The van der Waals surface area contributed by atoms with E-state index < -0.39 is 17.6 Å². The molecule has 2 aromatic carbocycles. The molecular formula is C24H19ClFN3O2S. The van der Waals surface area contributed by atoms with E-state index in [0.29, 0.717) is 16.3 Å². The molecular weight excluding hydrogens is 449 g/mol. The standard InChI is InChI=1S/C24H19ClFN3O2S/c1-13-11-16(15(3)28(13)21-6-4-5-20(25)14(21)2)12-19-22(30)27-24(32)29(23(19)31)18-9-7-17(26)8-10-18/h4-12H,1-3H3,(H,27,30,32)/b19-12+. The number of hydrogen-bond acceptors (Lipinski definition) is 3. The highest BCUT2D eigenvalue weighted by atomic mass is 35.5. The van der Waals surface area contributed by atoms with E-state index >= 15 is 0 Å². The number of benzene rings is 2. The van der Waals surface area contributed by atoms with E-state index in [-0.39, 0.29) is 10.7 Å². The van der Waals surface area contributed by atoms with Crippen molar-refractivity contribution < 1.29 is 14.0 Å². The molecule has 162 valence electrons. The Labute approximate surface area is 195 Å². The van der Waals surface area contributed by atoms with Crippen LogP contribution in [0.25, 0.3) is 11.8 Å². The lowest BCUT2D eigenvalue weighted by atomic mass is 10.1. The normalized spacial score (nSPS) is 15.5. The van der Waals surface area contributed by atoms with Crippen molar-refractivity contribution in [2.24, 2.45) is 0 Å². The summed E-state index contributed by atoms with van der Waals surface area (Å²) in [6.45, 7) is 5.79. The van der Waals surface area contributed by atoms with Crippen molar-refractivity contribution in [2.75, 3.05) is 4.90 Å². The third-order valence-corrected chi connectivity index (χ3v) is 6.13.